The summed E-state index contributed by atoms with van der Waals surface area (Å²) in [5.41, 5.74) is 3.60. The van der Waals surface area contributed by atoms with E-state index in [1.54, 1.807) is 7.11 Å². The van der Waals surface area contributed by atoms with Crippen LogP contribution in [0.5, 0.6) is 11.5 Å². The fourth-order valence-corrected chi connectivity index (χ4v) is 3.34. The van der Waals surface area contributed by atoms with Gasteiger partial charge in [-0.3, -0.25) is 4.40 Å². The first-order valence-corrected chi connectivity index (χ1v) is 10.0. The molecule has 4 rings (SSSR count). The Morgan fingerprint density at radius 1 is 0.967 bits per heavy atom. The number of nitrogens with zero attached hydrogens (tertiary/aromatic N) is 2. The van der Waals surface area contributed by atoms with E-state index in [-0.39, 0.29) is 5.54 Å². The number of nitrogens with one attached hydrogen (secondary N) is 1. The number of pyridine rings is 1. The number of hydrogen-bond donors (Lipinski definition) is 1. The highest BCUT2D eigenvalue weighted by Gasteiger charge is 2.21. The van der Waals surface area contributed by atoms with Gasteiger partial charge in [-0.15, -0.1) is 0 Å². The molecule has 0 unspecified atom stereocenters. The van der Waals surface area contributed by atoms with Gasteiger partial charge in [-0.1, -0.05) is 42.5 Å². The van der Waals surface area contributed by atoms with Gasteiger partial charge in [0.15, 0.2) is 11.4 Å². The highest BCUT2D eigenvalue weighted by Crippen LogP contribution is 2.35. The highest BCUT2D eigenvalue weighted by molar-refractivity contribution is 5.79. The summed E-state index contributed by atoms with van der Waals surface area (Å²) in [7, 11) is 1.67. The first-order valence-electron chi connectivity index (χ1n) is 10.0. The molecule has 0 amide bonds. The molecule has 4 aromatic rings. The predicted octanol–water partition coefficient (Wildman–Crippen LogP) is 5.80. The maximum Gasteiger partial charge on any atom is 0.181 e. The normalized spacial score (nSPS) is 11.5. The number of methoxy groups -OCH3 is 1. The molecule has 0 aliphatic heterocycles. The van der Waals surface area contributed by atoms with Gasteiger partial charge in [-0.25, -0.2) is 4.98 Å². The molecule has 2 aromatic carbocycles. The highest BCUT2D eigenvalue weighted by atomic mass is 16.5. The van der Waals surface area contributed by atoms with Crippen LogP contribution in [0.3, 0.4) is 0 Å². The average molecular weight is 402 g/mol. The van der Waals surface area contributed by atoms with E-state index in [4.69, 9.17) is 14.5 Å². The molecule has 0 saturated carbocycles. The van der Waals surface area contributed by atoms with Crippen LogP contribution in [0.15, 0.2) is 72.9 Å². The summed E-state index contributed by atoms with van der Waals surface area (Å²) >= 11 is 0. The van der Waals surface area contributed by atoms with Gasteiger partial charge in [0.05, 0.1) is 7.11 Å². The van der Waals surface area contributed by atoms with Crippen molar-refractivity contribution < 1.29 is 9.47 Å². The van der Waals surface area contributed by atoms with Crippen molar-refractivity contribution >= 4 is 11.5 Å². The lowest BCUT2D eigenvalue weighted by atomic mass is 10.1. The molecule has 2 aromatic heterocycles. The zero-order chi connectivity index (χ0) is 21.1. The van der Waals surface area contributed by atoms with Crippen LogP contribution in [0.25, 0.3) is 16.9 Å². The largest absolute Gasteiger partial charge is 0.497 e. The number of rotatable bonds is 6. The maximum atomic E-state index is 6.15. The third kappa shape index (κ3) is 4.25. The van der Waals surface area contributed by atoms with Gasteiger partial charge < -0.3 is 14.8 Å². The number of hydrogen-bond acceptors (Lipinski definition) is 4. The van der Waals surface area contributed by atoms with Crippen molar-refractivity contribution in [2.45, 2.75) is 32.9 Å². The average Bonchev–Trinajstić information content (AvgIpc) is 3.10. The van der Waals surface area contributed by atoms with Gasteiger partial charge >= 0.3 is 0 Å². The summed E-state index contributed by atoms with van der Waals surface area (Å²) in [5, 5.41) is 3.61. The Hall–Kier alpha value is -3.47. The molecule has 0 atom stereocenters. The van der Waals surface area contributed by atoms with Crippen LogP contribution in [-0.2, 0) is 6.61 Å². The number of imidazole rings is 1. The Bertz CT molecular complexity index is 1140. The molecular weight excluding hydrogens is 374 g/mol. The second-order valence-electron chi connectivity index (χ2n) is 8.26. The summed E-state index contributed by atoms with van der Waals surface area (Å²) in [5.74, 6) is 2.47. The molecule has 0 saturated heterocycles. The van der Waals surface area contributed by atoms with E-state index in [9.17, 15) is 0 Å². The summed E-state index contributed by atoms with van der Waals surface area (Å²) in [6.45, 7) is 6.90. The van der Waals surface area contributed by atoms with E-state index in [1.165, 1.54) is 0 Å². The van der Waals surface area contributed by atoms with Gasteiger partial charge in [-0.05, 0) is 50.6 Å². The summed E-state index contributed by atoms with van der Waals surface area (Å²) < 4.78 is 13.6. The number of benzene rings is 2. The van der Waals surface area contributed by atoms with Crippen molar-refractivity contribution in [2.75, 3.05) is 12.4 Å². The fourth-order valence-electron chi connectivity index (χ4n) is 3.34. The number of aromatic nitrogens is 2. The van der Waals surface area contributed by atoms with Gasteiger partial charge in [0.25, 0.3) is 0 Å². The maximum absolute atomic E-state index is 6.15. The molecule has 0 aliphatic carbocycles. The van der Waals surface area contributed by atoms with Gasteiger partial charge in [0.2, 0.25) is 0 Å². The molecule has 2 heterocycles. The van der Waals surface area contributed by atoms with E-state index in [1.807, 2.05) is 60.8 Å². The van der Waals surface area contributed by atoms with E-state index < -0.39 is 0 Å². The van der Waals surface area contributed by atoms with Crippen molar-refractivity contribution in [1.29, 1.82) is 0 Å². The molecule has 0 spiro atoms. The minimum atomic E-state index is -0.134. The smallest absolute Gasteiger partial charge is 0.181 e. The molecule has 0 aliphatic rings. The van der Waals surface area contributed by atoms with Crippen molar-refractivity contribution in [3.8, 4) is 22.8 Å². The van der Waals surface area contributed by atoms with E-state index in [0.29, 0.717) is 6.61 Å². The lowest BCUT2D eigenvalue weighted by molar-refractivity contribution is 0.308. The minimum absolute atomic E-state index is 0.134. The molecule has 0 radical (unpaired) electrons. The second-order valence-corrected chi connectivity index (χ2v) is 8.26. The van der Waals surface area contributed by atoms with Crippen molar-refractivity contribution in [3.05, 3.63) is 78.5 Å². The predicted molar refractivity (Wildman–Crippen MR) is 121 cm³/mol. The Morgan fingerprint density at radius 3 is 2.50 bits per heavy atom. The zero-order valence-electron chi connectivity index (χ0n) is 17.8. The Kier molecular flexibility index (Phi) is 5.36. The van der Waals surface area contributed by atoms with Crippen LogP contribution < -0.4 is 14.8 Å². The standard InChI is InChI=1S/C25H27N3O2/c1-25(2,3)27-24-22(19-12-8-13-20(16-19)29-4)26-23-21(14-9-15-28(23)24)30-17-18-10-6-5-7-11-18/h5-16,27H,17H2,1-4H3. The van der Waals surface area contributed by atoms with E-state index in [0.717, 1.165) is 39.8 Å². The van der Waals surface area contributed by atoms with Crippen molar-refractivity contribution in [2.24, 2.45) is 0 Å². The van der Waals surface area contributed by atoms with Crippen LogP contribution in [0.1, 0.15) is 26.3 Å². The van der Waals surface area contributed by atoms with Crippen LogP contribution in [-0.4, -0.2) is 22.0 Å². The monoisotopic (exact) mass is 401 g/mol. The number of anilines is 1. The molecule has 5 heteroatoms. The molecule has 5 nitrogen and oxygen atoms in total. The molecule has 1 N–H and O–H groups in total. The molecule has 0 bridgehead atoms. The van der Waals surface area contributed by atoms with Gasteiger partial charge in [0, 0.05) is 17.3 Å². The lowest BCUT2D eigenvalue weighted by Crippen LogP contribution is -2.27. The quantitative estimate of drug-likeness (QED) is 0.444. The third-order valence-corrected chi connectivity index (χ3v) is 4.69. The molecule has 0 fully saturated rings. The van der Waals surface area contributed by atoms with E-state index >= 15 is 0 Å². The lowest BCUT2D eigenvalue weighted by Gasteiger charge is -2.22. The molecular formula is C25H27N3O2. The summed E-state index contributed by atoms with van der Waals surface area (Å²) in [6.07, 6.45) is 2.01. The van der Waals surface area contributed by atoms with Gasteiger partial charge in [0.1, 0.15) is 23.9 Å². The first kappa shape index (κ1) is 19.8. The Labute approximate surface area is 177 Å². The van der Waals surface area contributed by atoms with Crippen LogP contribution >= 0.6 is 0 Å². The SMILES string of the molecule is COc1cccc(-c2nc3c(OCc4ccccc4)cccn3c2NC(C)(C)C)c1. The minimum Gasteiger partial charge on any atom is -0.497 e. The van der Waals surface area contributed by atoms with Crippen molar-refractivity contribution in [1.82, 2.24) is 9.38 Å². The third-order valence-electron chi connectivity index (χ3n) is 4.69. The van der Waals surface area contributed by atoms with Crippen LogP contribution in [0.4, 0.5) is 5.82 Å². The Balaban J connectivity index is 1.80. The fraction of sp³-hybridized carbons (Fsp3) is 0.240. The topological polar surface area (TPSA) is 47.8 Å². The number of fused-ring (bicyclic) bond motifs is 1. The van der Waals surface area contributed by atoms with E-state index in [2.05, 4.69) is 42.6 Å². The Morgan fingerprint density at radius 2 is 1.77 bits per heavy atom. The summed E-state index contributed by atoms with van der Waals surface area (Å²) in [4.78, 5) is 4.97. The molecule has 154 valence electrons. The zero-order valence-corrected chi connectivity index (χ0v) is 17.8. The summed E-state index contributed by atoms with van der Waals surface area (Å²) in [6, 6.07) is 22.0. The van der Waals surface area contributed by atoms with Crippen LogP contribution in [0.2, 0.25) is 0 Å². The first-order chi connectivity index (χ1) is 14.4. The second kappa shape index (κ2) is 8.11. The number of ether oxygens (including phenoxy) is 2. The van der Waals surface area contributed by atoms with Crippen LogP contribution in [0, 0.1) is 0 Å². The van der Waals surface area contributed by atoms with Crippen molar-refractivity contribution in [3.63, 3.8) is 0 Å². The molecule has 30 heavy (non-hydrogen) atoms. The van der Waals surface area contributed by atoms with Gasteiger partial charge in [-0.2, -0.15) is 0 Å².